The molecule has 0 radical (unpaired) electrons. The molecule has 94 valence electrons. The predicted octanol–water partition coefficient (Wildman–Crippen LogP) is 2.67. The Morgan fingerprint density at radius 2 is 1.88 bits per heavy atom. The van der Waals surface area contributed by atoms with E-state index in [4.69, 9.17) is 9.84 Å². The van der Waals surface area contributed by atoms with Gasteiger partial charge in [-0.2, -0.15) is 0 Å². The summed E-state index contributed by atoms with van der Waals surface area (Å²) in [5.41, 5.74) is 2.30. The Balaban J connectivity index is 2.58. The van der Waals surface area contributed by atoms with Crippen molar-refractivity contribution >= 4 is 5.97 Å². The molecule has 0 unspecified atom stereocenters. The largest absolute Gasteiger partial charge is 0.479 e. The fraction of sp³-hybridized carbons (Fsp3) is 0.500. The number of hydrogen-bond donors (Lipinski definition) is 1. The summed E-state index contributed by atoms with van der Waals surface area (Å²) < 4.78 is 4.91. The van der Waals surface area contributed by atoms with Gasteiger partial charge in [0.1, 0.15) is 0 Å². The van der Waals surface area contributed by atoms with Crippen molar-refractivity contribution in [3.05, 3.63) is 35.4 Å². The van der Waals surface area contributed by atoms with Crippen LogP contribution in [0.1, 0.15) is 30.9 Å². The molecule has 0 bridgehead atoms. The second kappa shape index (κ2) is 7.07. The Bertz CT molecular complexity index is 343. The van der Waals surface area contributed by atoms with Crippen molar-refractivity contribution in [2.24, 2.45) is 0 Å². The van der Waals surface area contributed by atoms with Crippen molar-refractivity contribution in [2.75, 3.05) is 7.11 Å². The Morgan fingerprint density at radius 1 is 1.29 bits per heavy atom. The Kier molecular flexibility index (Phi) is 5.70. The van der Waals surface area contributed by atoms with Gasteiger partial charge in [-0.1, -0.05) is 37.6 Å². The van der Waals surface area contributed by atoms with Crippen LogP contribution in [-0.2, 0) is 22.4 Å². The smallest absolute Gasteiger partial charge is 0.333 e. The van der Waals surface area contributed by atoms with Crippen molar-refractivity contribution in [2.45, 2.75) is 38.7 Å². The lowest BCUT2D eigenvalue weighted by Gasteiger charge is -2.10. The summed E-state index contributed by atoms with van der Waals surface area (Å²) in [6, 6.07) is 8.11. The van der Waals surface area contributed by atoms with E-state index in [1.54, 1.807) is 0 Å². The minimum absolute atomic E-state index is 0.417. The first-order valence-electron chi connectivity index (χ1n) is 6.00. The molecule has 0 aliphatic rings. The number of carbonyl (C=O) groups is 1. The van der Waals surface area contributed by atoms with Crippen LogP contribution in [0.2, 0.25) is 0 Å². The molecule has 1 N–H and O–H groups in total. The number of carboxylic acids is 1. The van der Waals surface area contributed by atoms with Crippen LogP contribution >= 0.6 is 0 Å². The summed E-state index contributed by atoms with van der Waals surface area (Å²) >= 11 is 0. The average Bonchev–Trinajstić information content (AvgIpc) is 2.34. The van der Waals surface area contributed by atoms with E-state index in [1.807, 2.05) is 12.1 Å². The minimum atomic E-state index is -0.914. The molecule has 1 aromatic carbocycles. The van der Waals surface area contributed by atoms with Crippen molar-refractivity contribution in [1.82, 2.24) is 0 Å². The molecule has 1 aromatic rings. The molecule has 1 rings (SSSR count). The van der Waals surface area contributed by atoms with Gasteiger partial charge >= 0.3 is 5.97 Å². The van der Waals surface area contributed by atoms with E-state index >= 15 is 0 Å². The minimum Gasteiger partial charge on any atom is -0.479 e. The molecule has 0 saturated heterocycles. The number of methoxy groups -OCH3 is 1. The molecule has 3 heteroatoms. The fourth-order valence-corrected chi connectivity index (χ4v) is 1.71. The highest BCUT2D eigenvalue weighted by molar-refractivity contribution is 5.72. The van der Waals surface area contributed by atoms with Gasteiger partial charge < -0.3 is 9.84 Å². The number of hydrogen-bond acceptors (Lipinski definition) is 2. The van der Waals surface area contributed by atoms with E-state index in [0.29, 0.717) is 6.42 Å². The maximum atomic E-state index is 10.8. The molecular weight excluding hydrogens is 216 g/mol. The Morgan fingerprint density at radius 3 is 2.35 bits per heavy atom. The van der Waals surface area contributed by atoms with Crippen LogP contribution < -0.4 is 0 Å². The highest BCUT2D eigenvalue weighted by Crippen LogP contribution is 2.10. The SMILES string of the molecule is CCCCc1ccc(C[C@@H](OC)C(=O)O)cc1. The van der Waals surface area contributed by atoms with Crippen molar-refractivity contribution in [1.29, 1.82) is 0 Å². The van der Waals surface area contributed by atoms with Crippen molar-refractivity contribution in [3.63, 3.8) is 0 Å². The van der Waals surface area contributed by atoms with Gasteiger partial charge in [0.25, 0.3) is 0 Å². The molecule has 0 aromatic heterocycles. The number of ether oxygens (including phenoxy) is 1. The summed E-state index contributed by atoms with van der Waals surface area (Å²) in [5, 5.41) is 8.88. The van der Waals surface area contributed by atoms with Crippen LogP contribution in [0.3, 0.4) is 0 Å². The highest BCUT2D eigenvalue weighted by atomic mass is 16.5. The zero-order valence-electron chi connectivity index (χ0n) is 10.5. The summed E-state index contributed by atoms with van der Waals surface area (Å²) in [5.74, 6) is -0.914. The number of rotatable bonds is 7. The topological polar surface area (TPSA) is 46.5 Å². The van der Waals surface area contributed by atoms with Crippen LogP contribution in [0.25, 0.3) is 0 Å². The Hall–Kier alpha value is -1.35. The van der Waals surface area contributed by atoms with Gasteiger partial charge in [-0.25, -0.2) is 4.79 Å². The maximum absolute atomic E-state index is 10.8. The van der Waals surface area contributed by atoms with Gasteiger partial charge in [0, 0.05) is 13.5 Å². The van der Waals surface area contributed by atoms with E-state index in [9.17, 15) is 4.79 Å². The molecule has 0 saturated carbocycles. The van der Waals surface area contributed by atoms with Gasteiger partial charge in [0.05, 0.1) is 0 Å². The number of benzene rings is 1. The van der Waals surface area contributed by atoms with E-state index in [1.165, 1.54) is 25.5 Å². The molecule has 0 spiro atoms. The van der Waals surface area contributed by atoms with Gasteiger partial charge in [-0.3, -0.25) is 0 Å². The highest BCUT2D eigenvalue weighted by Gasteiger charge is 2.16. The third-order valence-corrected chi connectivity index (χ3v) is 2.82. The zero-order valence-corrected chi connectivity index (χ0v) is 10.5. The summed E-state index contributed by atoms with van der Waals surface area (Å²) in [7, 11) is 1.43. The molecule has 0 amide bonds. The molecule has 0 aliphatic heterocycles. The molecule has 1 atom stereocenters. The van der Waals surface area contributed by atoms with Crippen LogP contribution in [0.15, 0.2) is 24.3 Å². The third-order valence-electron chi connectivity index (χ3n) is 2.82. The molecule has 17 heavy (non-hydrogen) atoms. The van der Waals surface area contributed by atoms with Crippen molar-refractivity contribution < 1.29 is 14.6 Å². The fourth-order valence-electron chi connectivity index (χ4n) is 1.71. The van der Waals surface area contributed by atoms with Crippen LogP contribution in [0.4, 0.5) is 0 Å². The predicted molar refractivity (Wildman–Crippen MR) is 67.2 cm³/mol. The standard InChI is InChI=1S/C14H20O3/c1-3-4-5-11-6-8-12(9-7-11)10-13(17-2)14(15)16/h6-9,13H,3-5,10H2,1-2H3,(H,15,16)/t13-/m1/s1. The normalized spacial score (nSPS) is 12.4. The second-order valence-corrected chi connectivity index (χ2v) is 4.19. The van der Waals surface area contributed by atoms with Gasteiger partial charge in [-0.15, -0.1) is 0 Å². The number of aryl methyl sites for hydroxylation is 1. The van der Waals surface area contributed by atoms with E-state index in [2.05, 4.69) is 19.1 Å². The summed E-state index contributed by atoms with van der Waals surface area (Å²) in [6.07, 6.45) is 3.13. The van der Waals surface area contributed by atoms with Crippen LogP contribution in [0.5, 0.6) is 0 Å². The molecule has 0 aliphatic carbocycles. The molecule has 0 fully saturated rings. The first-order valence-corrected chi connectivity index (χ1v) is 6.00. The summed E-state index contributed by atoms with van der Waals surface area (Å²) in [4.78, 5) is 10.8. The number of aliphatic carboxylic acids is 1. The molecule has 3 nitrogen and oxygen atoms in total. The lowest BCUT2D eigenvalue weighted by molar-refractivity contribution is -0.148. The molecule has 0 heterocycles. The Labute approximate surface area is 102 Å². The first kappa shape index (κ1) is 13.7. The van der Waals surface area contributed by atoms with E-state index in [-0.39, 0.29) is 0 Å². The zero-order chi connectivity index (χ0) is 12.7. The third kappa shape index (κ3) is 4.57. The van der Waals surface area contributed by atoms with Gasteiger partial charge in [0.15, 0.2) is 6.10 Å². The number of unbranched alkanes of at least 4 members (excludes halogenated alkanes) is 1. The summed E-state index contributed by atoms with van der Waals surface area (Å²) in [6.45, 7) is 2.17. The lowest BCUT2D eigenvalue weighted by Crippen LogP contribution is -2.24. The quantitative estimate of drug-likeness (QED) is 0.791. The molecular formula is C14H20O3. The maximum Gasteiger partial charge on any atom is 0.333 e. The van der Waals surface area contributed by atoms with Gasteiger partial charge in [0.2, 0.25) is 0 Å². The van der Waals surface area contributed by atoms with Crippen LogP contribution in [-0.4, -0.2) is 24.3 Å². The monoisotopic (exact) mass is 236 g/mol. The first-order chi connectivity index (χ1) is 8.17. The van der Waals surface area contributed by atoms with Crippen molar-refractivity contribution in [3.8, 4) is 0 Å². The number of carboxylic acid groups (broad SMARTS) is 1. The average molecular weight is 236 g/mol. The second-order valence-electron chi connectivity index (χ2n) is 4.19. The lowest BCUT2D eigenvalue weighted by atomic mass is 10.0. The van der Waals surface area contributed by atoms with E-state index < -0.39 is 12.1 Å². The van der Waals surface area contributed by atoms with Gasteiger partial charge in [-0.05, 0) is 24.0 Å². The van der Waals surface area contributed by atoms with E-state index in [0.717, 1.165) is 12.0 Å². The van der Waals surface area contributed by atoms with Crippen LogP contribution in [0, 0.1) is 0 Å².